The summed E-state index contributed by atoms with van der Waals surface area (Å²) in [5.41, 5.74) is 4.67. The summed E-state index contributed by atoms with van der Waals surface area (Å²) in [5.74, 6) is 0.677. The number of phenolic OH excluding ortho intramolecular Hbond substituents is 1. The lowest BCUT2D eigenvalue weighted by atomic mass is 9.96. The normalized spacial score (nSPS) is 15.3. The van der Waals surface area contributed by atoms with E-state index in [1.807, 2.05) is 77.6 Å². The zero-order chi connectivity index (χ0) is 23.7. The molecule has 1 N–H and O–H groups in total. The minimum absolute atomic E-state index is 0.137. The van der Waals surface area contributed by atoms with Crippen molar-refractivity contribution in [3.05, 3.63) is 96.2 Å². The highest BCUT2D eigenvalue weighted by Gasteiger charge is 2.35. The lowest BCUT2D eigenvalue weighted by Gasteiger charge is -2.20. The Morgan fingerprint density at radius 2 is 1.79 bits per heavy atom. The van der Waals surface area contributed by atoms with Gasteiger partial charge in [-0.05, 0) is 36.4 Å². The van der Waals surface area contributed by atoms with Crippen LogP contribution in [0, 0.1) is 0 Å². The van der Waals surface area contributed by atoms with Gasteiger partial charge < -0.3 is 9.84 Å². The summed E-state index contributed by atoms with van der Waals surface area (Å²) in [4.78, 5) is 12.6. The summed E-state index contributed by atoms with van der Waals surface area (Å²) in [6.45, 7) is 1.50. The Morgan fingerprint density at radius 3 is 2.53 bits per heavy atom. The van der Waals surface area contributed by atoms with Crippen molar-refractivity contribution in [2.45, 2.75) is 19.4 Å². The molecular formula is C27H24N4O3. The fraction of sp³-hybridized carbons (Fsp3) is 0.148. The quantitative estimate of drug-likeness (QED) is 0.465. The van der Waals surface area contributed by atoms with Gasteiger partial charge in [0, 0.05) is 36.2 Å². The topological polar surface area (TPSA) is 80.0 Å². The van der Waals surface area contributed by atoms with Gasteiger partial charge in [-0.25, -0.2) is 9.69 Å². The molecule has 3 aromatic carbocycles. The van der Waals surface area contributed by atoms with Crippen molar-refractivity contribution in [1.29, 1.82) is 0 Å². The Morgan fingerprint density at radius 1 is 1.03 bits per heavy atom. The highest BCUT2D eigenvalue weighted by molar-refractivity contribution is 6.05. The van der Waals surface area contributed by atoms with E-state index >= 15 is 0 Å². The monoisotopic (exact) mass is 452 g/mol. The number of benzene rings is 3. The maximum absolute atomic E-state index is 12.6. The summed E-state index contributed by atoms with van der Waals surface area (Å²) in [5, 5.41) is 21.4. The van der Waals surface area contributed by atoms with Gasteiger partial charge in [-0.1, -0.05) is 42.5 Å². The predicted molar refractivity (Wildman–Crippen MR) is 130 cm³/mol. The molecule has 0 spiro atoms. The fourth-order valence-electron chi connectivity index (χ4n) is 4.26. The number of para-hydroxylation sites is 2. The maximum Gasteiger partial charge on any atom is 0.240 e. The van der Waals surface area contributed by atoms with E-state index in [4.69, 9.17) is 9.84 Å². The molecule has 4 aromatic rings. The molecule has 1 aromatic heterocycles. The summed E-state index contributed by atoms with van der Waals surface area (Å²) < 4.78 is 7.25. The number of hydrogen-bond donors (Lipinski definition) is 1. The van der Waals surface area contributed by atoms with Crippen LogP contribution < -0.4 is 4.74 Å². The Labute approximate surface area is 197 Å². The van der Waals surface area contributed by atoms with E-state index in [0.29, 0.717) is 17.7 Å². The van der Waals surface area contributed by atoms with E-state index < -0.39 is 0 Å². The smallest absolute Gasteiger partial charge is 0.240 e. The number of amides is 1. The van der Waals surface area contributed by atoms with Gasteiger partial charge in [0.2, 0.25) is 5.91 Å². The third kappa shape index (κ3) is 3.92. The molecule has 0 aliphatic carbocycles. The first-order valence-corrected chi connectivity index (χ1v) is 11.0. The molecule has 0 fully saturated rings. The van der Waals surface area contributed by atoms with Crippen molar-refractivity contribution in [2.75, 3.05) is 7.11 Å². The minimum Gasteiger partial charge on any atom is -0.507 e. The third-order valence-electron chi connectivity index (χ3n) is 5.91. The van der Waals surface area contributed by atoms with Crippen LogP contribution in [0.25, 0.3) is 16.9 Å². The van der Waals surface area contributed by atoms with Gasteiger partial charge >= 0.3 is 0 Å². The van der Waals surface area contributed by atoms with Gasteiger partial charge in [-0.2, -0.15) is 10.2 Å². The molecule has 1 amide bonds. The molecule has 0 saturated carbocycles. The van der Waals surface area contributed by atoms with Gasteiger partial charge in [0.05, 0.1) is 30.2 Å². The second-order valence-corrected chi connectivity index (χ2v) is 8.09. The molecule has 0 bridgehead atoms. The number of phenols is 1. The Bertz CT molecular complexity index is 1380. The van der Waals surface area contributed by atoms with Gasteiger partial charge in [0.15, 0.2) is 0 Å². The number of aromatic nitrogens is 2. The van der Waals surface area contributed by atoms with Crippen LogP contribution in [-0.2, 0) is 4.79 Å². The molecule has 0 saturated heterocycles. The minimum atomic E-state index is -0.370. The molecule has 34 heavy (non-hydrogen) atoms. The predicted octanol–water partition coefficient (Wildman–Crippen LogP) is 4.95. The lowest BCUT2D eigenvalue weighted by Crippen LogP contribution is -2.24. The van der Waals surface area contributed by atoms with Crippen LogP contribution in [-0.4, -0.2) is 38.6 Å². The zero-order valence-electron chi connectivity index (χ0n) is 18.9. The van der Waals surface area contributed by atoms with Gasteiger partial charge in [0.1, 0.15) is 11.5 Å². The van der Waals surface area contributed by atoms with E-state index in [2.05, 4.69) is 5.10 Å². The Balaban J connectivity index is 1.64. The van der Waals surface area contributed by atoms with Crippen LogP contribution in [0.5, 0.6) is 11.5 Å². The standard InChI is InChI=1S/C27H24N4O3/c1-18(32)31-25(16-24(28-31)22-13-6-7-14-26(22)33)23-17-30(20-10-4-3-5-11-20)29-27(23)19-9-8-12-21(15-19)34-2/h3-15,17,25,33H,16H2,1-2H3/t25-/m1/s1. The second kappa shape index (κ2) is 8.86. The van der Waals surface area contributed by atoms with E-state index in [1.54, 1.807) is 19.2 Å². The van der Waals surface area contributed by atoms with Crippen LogP contribution in [0.15, 0.2) is 90.2 Å². The fourth-order valence-corrected chi connectivity index (χ4v) is 4.26. The molecule has 7 nitrogen and oxygen atoms in total. The first-order valence-electron chi connectivity index (χ1n) is 11.0. The van der Waals surface area contributed by atoms with E-state index in [0.717, 1.165) is 28.3 Å². The van der Waals surface area contributed by atoms with Crippen LogP contribution in [0.4, 0.5) is 0 Å². The summed E-state index contributed by atoms with van der Waals surface area (Å²) in [7, 11) is 1.63. The van der Waals surface area contributed by atoms with Crippen molar-refractivity contribution in [2.24, 2.45) is 5.10 Å². The number of carbonyl (C=O) groups excluding carboxylic acids is 1. The van der Waals surface area contributed by atoms with Gasteiger partial charge in [0.25, 0.3) is 0 Å². The lowest BCUT2D eigenvalue weighted by molar-refractivity contribution is -0.130. The SMILES string of the molecule is COc1cccc(-c2nn(-c3ccccc3)cc2[C@H]2CC(c3ccccc3O)=NN2C(C)=O)c1. The van der Waals surface area contributed by atoms with Crippen molar-refractivity contribution >= 4 is 11.6 Å². The van der Waals surface area contributed by atoms with E-state index in [-0.39, 0.29) is 17.7 Å². The first kappa shape index (κ1) is 21.5. The molecule has 170 valence electrons. The van der Waals surface area contributed by atoms with E-state index in [9.17, 15) is 9.90 Å². The number of hydrogen-bond acceptors (Lipinski definition) is 5. The number of nitrogens with zero attached hydrogens (tertiary/aromatic N) is 4. The number of ether oxygens (including phenoxy) is 1. The highest BCUT2D eigenvalue weighted by Crippen LogP contribution is 2.39. The molecule has 1 aliphatic heterocycles. The number of aromatic hydroxyl groups is 1. The van der Waals surface area contributed by atoms with Crippen molar-refractivity contribution in [1.82, 2.24) is 14.8 Å². The molecule has 2 heterocycles. The Kier molecular flexibility index (Phi) is 5.59. The van der Waals surface area contributed by atoms with Crippen LogP contribution in [0.2, 0.25) is 0 Å². The van der Waals surface area contributed by atoms with Crippen LogP contribution >= 0.6 is 0 Å². The third-order valence-corrected chi connectivity index (χ3v) is 5.91. The number of hydrazone groups is 1. The zero-order valence-corrected chi connectivity index (χ0v) is 18.9. The first-order chi connectivity index (χ1) is 16.5. The van der Waals surface area contributed by atoms with Gasteiger partial charge in [-0.3, -0.25) is 4.79 Å². The average Bonchev–Trinajstić information content (AvgIpc) is 3.50. The molecule has 0 unspecified atom stereocenters. The highest BCUT2D eigenvalue weighted by atomic mass is 16.5. The molecule has 7 heteroatoms. The summed E-state index contributed by atoms with van der Waals surface area (Å²) in [6, 6.07) is 24.2. The van der Waals surface area contributed by atoms with Crippen molar-refractivity contribution < 1.29 is 14.6 Å². The largest absolute Gasteiger partial charge is 0.507 e. The number of carbonyl (C=O) groups is 1. The van der Waals surface area contributed by atoms with Crippen LogP contribution in [0.1, 0.15) is 30.5 Å². The molecule has 5 rings (SSSR count). The van der Waals surface area contributed by atoms with Crippen LogP contribution in [0.3, 0.4) is 0 Å². The molecule has 0 radical (unpaired) electrons. The van der Waals surface area contributed by atoms with Gasteiger partial charge in [-0.15, -0.1) is 0 Å². The molecule has 1 atom stereocenters. The number of rotatable bonds is 5. The van der Waals surface area contributed by atoms with E-state index in [1.165, 1.54) is 11.9 Å². The Hall–Kier alpha value is -4.39. The van der Waals surface area contributed by atoms with Crippen molar-refractivity contribution in [3.8, 4) is 28.4 Å². The molecule has 1 aliphatic rings. The van der Waals surface area contributed by atoms with Crippen molar-refractivity contribution in [3.63, 3.8) is 0 Å². The average molecular weight is 453 g/mol. The second-order valence-electron chi connectivity index (χ2n) is 8.09. The maximum atomic E-state index is 12.6. The summed E-state index contributed by atoms with van der Waals surface area (Å²) >= 11 is 0. The number of methoxy groups -OCH3 is 1. The molecular weight excluding hydrogens is 428 g/mol. The summed E-state index contributed by atoms with van der Waals surface area (Å²) in [6.07, 6.45) is 2.41.